The number of hydrogen-bond acceptors (Lipinski definition) is 0. The zero-order valence-corrected chi connectivity index (χ0v) is 4.74. The van der Waals surface area contributed by atoms with E-state index in [1.165, 1.54) is 0 Å². The largest absolute Gasteiger partial charge is 0.204 e. The van der Waals surface area contributed by atoms with E-state index in [1.54, 1.807) is 0 Å². The van der Waals surface area contributed by atoms with Crippen molar-refractivity contribution < 1.29 is 13.2 Å². The summed E-state index contributed by atoms with van der Waals surface area (Å²) in [7, 11) is 0. The Hall–Kier alpha value is -1.19. The lowest BCUT2D eigenvalue weighted by Crippen LogP contribution is -1.90. The van der Waals surface area contributed by atoms with Gasteiger partial charge in [-0.3, -0.25) is 0 Å². The van der Waals surface area contributed by atoms with Crippen molar-refractivity contribution in [3.8, 4) is 0 Å². The number of benzene rings is 1. The van der Waals surface area contributed by atoms with Gasteiger partial charge in [0, 0.05) is 0 Å². The Balaban J connectivity index is 3.34. The van der Waals surface area contributed by atoms with E-state index in [0.29, 0.717) is 6.07 Å². The van der Waals surface area contributed by atoms with Crippen LogP contribution in [0.25, 0.3) is 0 Å². The van der Waals surface area contributed by atoms with Crippen LogP contribution in [-0.4, -0.2) is 0 Å². The van der Waals surface area contributed by atoms with E-state index in [4.69, 9.17) is 5.73 Å². The molecule has 0 unspecified atom stereocenters. The third-order valence-electron chi connectivity index (χ3n) is 1.01. The minimum Gasteiger partial charge on any atom is -0.204 e. The zero-order chi connectivity index (χ0) is 7.72. The lowest BCUT2D eigenvalue weighted by atomic mass is 10.3. The molecule has 1 aromatic carbocycles. The van der Waals surface area contributed by atoms with E-state index >= 15 is 0 Å². The van der Waals surface area contributed by atoms with Crippen molar-refractivity contribution in [2.24, 2.45) is 0 Å². The summed E-state index contributed by atoms with van der Waals surface area (Å²) in [6.45, 7) is 0. The summed E-state index contributed by atoms with van der Waals surface area (Å²) in [6.07, 6.45) is 0. The fourth-order valence-electron chi connectivity index (χ4n) is 0.516. The molecule has 1 nitrogen and oxygen atoms in total. The van der Waals surface area contributed by atoms with Crippen LogP contribution in [0.2, 0.25) is 0 Å². The number of hydrogen-bond donors (Lipinski definition) is 0. The van der Waals surface area contributed by atoms with Crippen molar-refractivity contribution in [1.29, 1.82) is 0 Å². The minimum absolute atomic E-state index is 0.647. The molecule has 52 valence electrons. The molecule has 0 aromatic heterocycles. The van der Waals surface area contributed by atoms with Gasteiger partial charge in [-0.05, 0) is 12.1 Å². The predicted octanol–water partition coefficient (Wildman–Crippen LogP) is 1.80. The fraction of sp³-hybridized carbons (Fsp3) is 0. The molecule has 0 aliphatic carbocycles. The van der Waals surface area contributed by atoms with Crippen LogP contribution < -0.4 is 5.73 Å². The summed E-state index contributed by atoms with van der Waals surface area (Å²) in [5, 5.41) is 0. The molecule has 0 saturated heterocycles. The Bertz CT molecular complexity index is 232. The van der Waals surface area contributed by atoms with Crippen LogP contribution in [0.15, 0.2) is 12.1 Å². The molecule has 2 radical (unpaired) electrons. The van der Waals surface area contributed by atoms with E-state index in [1.807, 2.05) is 0 Å². The van der Waals surface area contributed by atoms with Crippen molar-refractivity contribution in [2.45, 2.75) is 0 Å². The molecule has 0 spiro atoms. The average molecular weight is 145 g/mol. The van der Waals surface area contributed by atoms with Gasteiger partial charge < -0.3 is 0 Å². The number of rotatable bonds is 0. The molecular weight excluding hydrogens is 143 g/mol. The Morgan fingerprint density at radius 3 is 2.10 bits per heavy atom. The summed E-state index contributed by atoms with van der Waals surface area (Å²) in [5.74, 6) is -4.52. The molecule has 0 saturated carbocycles. The molecule has 0 aliphatic heterocycles. The van der Waals surface area contributed by atoms with Gasteiger partial charge in [-0.2, -0.15) is 0 Å². The Morgan fingerprint density at radius 2 is 1.60 bits per heavy atom. The molecule has 0 heterocycles. The normalized spacial score (nSPS) is 9.90. The molecule has 0 fully saturated rings. The highest BCUT2D eigenvalue weighted by Crippen LogP contribution is 2.16. The SMILES string of the molecule is [N]c1ccc(F)c(F)c1F. The highest BCUT2D eigenvalue weighted by molar-refractivity contribution is 5.35. The van der Waals surface area contributed by atoms with E-state index in [-0.39, 0.29) is 0 Å². The summed E-state index contributed by atoms with van der Waals surface area (Å²) in [5.41, 5.74) is 7.55. The van der Waals surface area contributed by atoms with Crippen molar-refractivity contribution in [1.82, 2.24) is 5.73 Å². The number of halogens is 3. The second kappa shape index (κ2) is 2.21. The van der Waals surface area contributed by atoms with Gasteiger partial charge in [0.2, 0.25) is 0 Å². The van der Waals surface area contributed by atoms with Crippen LogP contribution in [0, 0.1) is 17.5 Å². The molecule has 0 N–H and O–H groups in total. The summed E-state index contributed by atoms with van der Waals surface area (Å²) in [6, 6.07) is 1.39. The van der Waals surface area contributed by atoms with Crippen molar-refractivity contribution in [3.05, 3.63) is 29.6 Å². The standard InChI is InChI=1S/C6H2F3N/c7-3-1-2-4(10)6(9)5(3)8/h1-2H. The lowest BCUT2D eigenvalue weighted by molar-refractivity contribution is 0.448. The summed E-state index contributed by atoms with van der Waals surface area (Å²) in [4.78, 5) is 0. The molecule has 0 aliphatic rings. The maximum atomic E-state index is 12.1. The molecule has 4 heteroatoms. The fourth-order valence-corrected chi connectivity index (χ4v) is 0.516. The van der Waals surface area contributed by atoms with Gasteiger partial charge in [-0.1, -0.05) is 0 Å². The Kier molecular flexibility index (Phi) is 1.53. The van der Waals surface area contributed by atoms with Gasteiger partial charge in [0.05, 0.1) is 0 Å². The van der Waals surface area contributed by atoms with Crippen LogP contribution in [-0.2, 0) is 0 Å². The molecule has 1 rings (SSSR count). The van der Waals surface area contributed by atoms with Gasteiger partial charge in [-0.25, -0.2) is 13.2 Å². The predicted molar refractivity (Wildman–Crippen MR) is 28.1 cm³/mol. The van der Waals surface area contributed by atoms with Crippen LogP contribution in [0.4, 0.5) is 18.9 Å². The van der Waals surface area contributed by atoms with Crippen molar-refractivity contribution in [2.75, 3.05) is 0 Å². The average Bonchev–Trinajstić information content (AvgIpc) is 1.93. The molecule has 10 heavy (non-hydrogen) atoms. The summed E-state index contributed by atoms with van der Waals surface area (Å²) < 4.78 is 36.2. The van der Waals surface area contributed by atoms with E-state index in [0.717, 1.165) is 6.07 Å². The molecule has 0 bridgehead atoms. The maximum absolute atomic E-state index is 12.1. The molecular formula is C6H2F3N. The topological polar surface area (TPSA) is 22.3 Å². The monoisotopic (exact) mass is 145 g/mol. The second-order valence-electron chi connectivity index (χ2n) is 1.69. The first-order valence-electron chi connectivity index (χ1n) is 2.45. The highest BCUT2D eigenvalue weighted by atomic mass is 19.2. The second-order valence-corrected chi connectivity index (χ2v) is 1.69. The van der Waals surface area contributed by atoms with E-state index in [9.17, 15) is 13.2 Å². The third-order valence-corrected chi connectivity index (χ3v) is 1.01. The van der Waals surface area contributed by atoms with Crippen LogP contribution in [0.3, 0.4) is 0 Å². The van der Waals surface area contributed by atoms with Gasteiger partial charge in [-0.15, -0.1) is 5.73 Å². The van der Waals surface area contributed by atoms with Gasteiger partial charge >= 0.3 is 0 Å². The van der Waals surface area contributed by atoms with Gasteiger partial charge in [0.25, 0.3) is 0 Å². The first kappa shape index (κ1) is 6.92. The van der Waals surface area contributed by atoms with Crippen molar-refractivity contribution in [3.63, 3.8) is 0 Å². The van der Waals surface area contributed by atoms with Gasteiger partial charge in [0.15, 0.2) is 17.5 Å². The first-order valence-corrected chi connectivity index (χ1v) is 2.45. The molecule has 1 aromatic rings. The van der Waals surface area contributed by atoms with Crippen LogP contribution >= 0.6 is 0 Å². The highest BCUT2D eigenvalue weighted by Gasteiger charge is 2.11. The Labute approximate surface area is 55.3 Å². The van der Waals surface area contributed by atoms with Crippen molar-refractivity contribution >= 4 is 5.69 Å². The van der Waals surface area contributed by atoms with E-state index in [2.05, 4.69) is 0 Å². The first-order chi connectivity index (χ1) is 4.63. The number of nitrogens with zero attached hydrogens (tertiary/aromatic N) is 1. The van der Waals surface area contributed by atoms with E-state index < -0.39 is 23.1 Å². The molecule has 0 atom stereocenters. The van der Waals surface area contributed by atoms with Crippen LogP contribution in [0.5, 0.6) is 0 Å². The lowest BCUT2D eigenvalue weighted by Gasteiger charge is -1.94. The maximum Gasteiger partial charge on any atom is 0.196 e. The third kappa shape index (κ3) is 0.920. The summed E-state index contributed by atoms with van der Waals surface area (Å²) >= 11 is 0. The smallest absolute Gasteiger partial charge is 0.196 e. The van der Waals surface area contributed by atoms with Gasteiger partial charge in [0.1, 0.15) is 5.69 Å². The Morgan fingerprint density at radius 1 is 1.00 bits per heavy atom. The minimum atomic E-state index is -1.65. The zero-order valence-electron chi connectivity index (χ0n) is 4.74. The molecule has 0 amide bonds. The van der Waals surface area contributed by atoms with Crippen LogP contribution in [0.1, 0.15) is 0 Å². The quantitative estimate of drug-likeness (QED) is 0.497.